The molecule has 0 fully saturated rings. The molecule has 0 aliphatic rings. The lowest BCUT2D eigenvalue weighted by atomic mass is 10.4. The zero-order chi connectivity index (χ0) is 20.2. The van der Waals surface area contributed by atoms with E-state index in [1.54, 1.807) is 6.20 Å². The van der Waals surface area contributed by atoms with Gasteiger partial charge in [-0.2, -0.15) is 5.10 Å². The van der Waals surface area contributed by atoms with E-state index < -0.39 is 16.1 Å². The first-order valence-electron chi connectivity index (χ1n) is 9.38. The minimum absolute atomic E-state index is 0.106. The highest BCUT2D eigenvalue weighted by molar-refractivity contribution is 14.1. The molecule has 6 nitrogen and oxygen atoms in total. The third-order valence-corrected chi connectivity index (χ3v) is 8.50. The van der Waals surface area contributed by atoms with E-state index in [-0.39, 0.29) is 12.3 Å². The zero-order valence-electron chi connectivity index (χ0n) is 17.3. The predicted octanol–water partition coefficient (Wildman–Crippen LogP) is 4.43. The van der Waals surface area contributed by atoms with E-state index >= 15 is 0 Å². The van der Waals surface area contributed by atoms with Crippen LogP contribution in [0.4, 0.5) is 0 Å². The Morgan fingerprint density at radius 1 is 1.00 bits per heavy atom. The summed E-state index contributed by atoms with van der Waals surface area (Å²) in [4.78, 5) is 12.8. The fraction of sp³-hybridized carbons (Fsp3) is 0.667. The van der Waals surface area contributed by atoms with Crippen molar-refractivity contribution >= 4 is 49.6 Å². The van der Waals surface area contributed by atoms with Crippen LogP contribution in [0.15, 0.2) is 17.2 Å². The van der Waals surface area contributed by atoms with E-state index in [0.29, 0.717) is 18.7 Å². The Balaban J connectivity index is 2.05. The number of rotatable bonds is 10. The van der Waals surface area contributed by atoms with Crippen LogP contribution in [0.5, 0.6) is 0 Å². The Kier molecular flexibility index (Phi) is 7.88. The van der Waals surface area contributed by atoms with Crippen LogP contribution < -0.4 is 5.56 Å². The van der Waals surface area contributed by atoms with Gasteiger partial charge in [0.2, 0.25) is 0 Å². The highest BCUT2D eigenvalue weighted by atomic mass is 127. The van der Waals surface area contributed by atoms with Crippen molar-refractivity contribution in [2.24, 2.45) is 0 Å². The zero-order valence-corrected chi connectivity index (χ0v) is 21.5. The lowest BCUT2D eigenvalue weighted by Crippen LogP contribution is -2.26. The molecule has 0 aliphatic carbocycles. The second kappa shape index (κ2) is 9.33. The number of aromatic nitrogens is 3. The normalized spacial score (nSPS) is 12.9. The number of fused-ring (bicyclic) bond motifs is 1. The van der Waals surface area contributed by atoms with Gasteiger partial charge in [-0.25, -0.2) is 4.68 Å². The van der Waals surface area contributed by atoms with Gasteiger partial charge in [-0.05, 0) is 34.7 Å². The summed E-state index contributed by atoms with van der Waals surface area (Å²) in [7, 11) is -2.24. The molecule has 9 heteroatoms. The molecule has 0 atom stereocenters. The maximum Gasteiger partial charge on any atom is 0.279 e. The van der Waals surface area contributed by atoms with Crippen LogP contribution in [0.1, 0.15) is 0 Å². The van der Waals surface area contributed by atoms with Crippen LogP contribution >= 0.6 is 22.6 Å². The van der Waals surface area contributed by atoms with Gasteiger partial charge in [0.25, 0.3) is 5.56 Å². The van der Waals surface area contributed by atoms with Gasteiger partial charge in [0.05, 0.1) is 17.1 Å². The van der Waals surface area contributed by atoms with Gasteiger partial charge in [0.1, 0.15) is 13.5 Å². The van der Waals surface area contributed by atoms with Crippen LogP contribution in [0.25, 0.3) is 10.9 Å². The molecule has 27 heavy (non-hydrogen) atoms. The fourth-order valence-electron chi connectivity index (χ4n) is 2.46. The van der Waals surface area contributed by atoms with Crippen LogP contribution in [-0.4, -0.2) is 43.7 Å². The molecule has 0 aliphatic heterocycles. The molecule has 0 unspecified atom stereocenters. The van der Waals surface area contributed by atoms with E-state index in [9.17, 15) is 4.79 Å². The number of nitrogens with zero attached hydrogens (tertiary/aromatic N) is 3. The molecule has 2 aromatic rings. The molecular weight excluding hydrogens is 489 g/mol. The largest absolute Gasteiger partial charge is 0.361 e. The quantitative estimate of drug-likeness (QED) is 0.264. The van der Waals surface area contributed by atoms with E-state index in [2.05, 4.69) is 67.0 Å². The summed E-state index contributed by atoms with van der Waals surface area (Å²) in [5, 5.41) is 4.99. The van der Waals surface area contributed by atoms with Gasteiger partial charge in [-0.15, -0.1) is 0 Å². The standard InChI is InChI=1S/C18H32IN3O3Si2/c1-26(2,3)9-7-24-13-21-12-15(19)17-16(21)11-20-22(18(17)23)14-25-8-10-27(4,5)6/h11-12H,7-10,13-14H2,1-6H3. The van der Waals surface area contributed by atoms with Gasteiger partial charge in [-0.3, -0.25) is 4.79 Å². The molecule has 0 radical (unpaired) electrons. The minimum Gasteiger partial charge on any atom is -0.361 e. The summed E-state index contributed by atoms with van der Waals surface area (Å²) in [6, 6.07) is 2.20. The van der Waals surface area contributed by atoms with Crippen molar-refractivity contribution in [1.82, 2.24) is 14.3 Å². The lowest BCUT2D eigenvalue weighted by molar-refractivity contribution is 0.0752. The Labute approximate surface area is 177 Å². The topological polar surface area (TPSA) is 58.3 Å². The summed E-state index contributed by atoms with van der Waals surface area (Å²) in [5.74, 6) is 0. The molecule has 2 aromatic heterocycles. The van der Waals surface area contributed by atoms with Gasteiger partial charge in [-0.1, -0.05) is 39.3 Å². The maximum atomic E-state index is 12.8. The summed E-state index contributed by atoms with van der Waals surface area (Å²) in [5.41, 5.74) is 0.710. The Bertz CT molecular complexity index is 822. The summed E-state index contributed by atoms with van der Waals surface area (Å²) < 4.78 is 15.8. The van der Waals surface area contributed by atoms with Gasteiger partial charge in [0.15, 0.2) is 0 Å². The van der Waals surface area contributed by atoms with Crippen molar-refractivity contribution in [3.8, 4) is 0 Å². The summed E-state index contributed by atoms with van der Waals surface area (Å²) in [6.45, 7) is 16.0. The molecule has 0 bridgehead atoms. The summed E-state index contributed by atoms with van der Waals surface area (Å²) >= 11 is 2.20. The molecule has 0 amide bonds. The molecule has 0 aromatic carbocycles. The average Bonchev–Trinajstić information content (AvgIpc) is 2.85. The predicted molar refractivity (Wildman–Crippen MR) is 125 cm³/mol. The highest BCUT2D eigenvalue weighted by Crippen LogP contribution is 2.19. The van der Waals surface area contributed by atoms with Crippen LogP contribution in [0.2, 0.25) is 51.4 Å². The Morgan fingerprint density at radius 3 is 2.11 bits per heavy atom. The first-order chi connectivity index (χ1) is 12.5. The van der Waals surface area contributed by atoms with E-state index in [1.165, 1.54) is 4.68 Å². The van der Waals surface area contributed by atoms with Crippen LogP contribution in [-0.2, 0) is 22.9 Å². The number of hydrogen-bond acceptors (Lipinski definition) is 4. The van der Waals surface area contributed by atoms with Gasteiger partial charge < -0.3 is 14.0 Å². The third kappa shape index (κ3) is 7.11. The summed E-state index contributed by atoms with van der Waals surface area (Å²) in [6.07, 6.45) is 3.70. The molecule has 0 saturated carbocycles. The number of ether oxygens (including phenoxy) is 2. The van der Waals surface area contributed by atoms with E-state index in [1.807, 2.05) is 10.8 Å². The van der Waals surface area contributed by atoms with Crippen molar-refractivity contribution in [1.29, 1.82) is 0 Å². The molecule has 2 heterocycles. The third-order valence-electron chi connectivity index (χ3n) is 4.28. The maximum absolute atomic E-state index is 12.8. The Morgan fingerprint density at radius 2 is 1.56 bits per heavy atom. The molecule has 2 rings (SSSR count). The SMILES string of the molecule is C[Si](C)(C)CCOCn1ncc2c(c(I)cn2COCC[Si](C)(C)C)c1=O. The Hall–Kier alpha value is -0.496. The van der Waals surface area contributed by atoms with Crippen molar-refractivity contribution in [3.05, 3.63) is 26.3 Å². The van der Waals surface area contributed by atoms with Crippen molar-refractivity contribution in [2.45, 2.75) is 64.8 Å². The fourth-order valence-corrected chi connectivity index (χ4v) is 4.82. The van der Waals surface area contributed by atoms with E-state index in [0.717, 1.165) is 27.8 Å². The monoisotopic (exact) mass is 521 g/mol. The molecule has 0 saturated heterocycles. The van der Waals surface area contributed by atoms with Crippen molar-refractivity contribution in [2.75, 3.05) is 13.2 Å². The van der Waals surface area contributed by atoms with Crippen molar-refractivity contribution < 1.29 is 9.47 Å². The molecular formula is C18H32IN3O3Si2. The molecule has 152 valence electrons. The van der Waals surface area contributed by atoms with Crippen LogP contribution in [0.3, 0.4) is 0 Å². The second-order valence-electron chi connectivity index (χ2n) is 9.35. The highest BCUT2D eigenvalue weighted by Gasteiger charge is 2.16. The first-order valence-corrected chi connectivity index (χ1v) is 17.9. The minimum atomic E-state index is -1.14. The average molecular weight is 522 g/mol. The lowest BCUT2D eigenvalue weighted by Gasteiger charge is -2.16. The van der Waals surface area contributed by atoms with Gasteiger partial charge >= 0.3 is 0 Å². The second-order valence-corrected chi connectivity index (χ2v) is 21.8. The first kappa shape index (κ1) is 22.8. The van der Waals surface area contributed by atoms with E-state index in [4.69, 9.17) is 9.47 Å². The number of hydrogen-bond donors (Lipinski definition) is 0. The van der Waals surface area contributed by atoms with Crippen LogP contribution in [0, 0.1) is 3.57 Å². The van der Waals surface area contributed by atoms with Crippen molar-refractivity contribution in [3.63, 3.8) is 0 Å². The van der Waals surface area contributed by atoms with Gasteiger partial charge in [0, 0.05) is 39.1 Å². The molecule has 0 N–H and O–H groups in total. The molecule has 0 spiro atoms. The number of halogens is 1. The smallest absolute Gasteiger partial charge is 0.279 e.